The lowest BCUT2D eigenvalue weighted by Gasteiger charge is -2.14. The summed E-state index contributed by atoms with van der Waals surface area (Å²) in [6.07, 6.45) is 2.40. The highest BCUT2D eigenvalue weighted by Gasteiger charge is 2.45. The summed E-state index contributed by atoms with van der Waals surface area (Å²) in [6.45, 7) is -0.213. The topological polar surface area (TPSA) is 99.3 Å². The van der Waals surface area contributed by atoms with Gasteiger partial charge in [-0.15, -0.1) is 0 Å². The Hall–Kier alpha value is -1.18. The summed E-state index contributed by atoms with van der Waals surface area (Å²) in [5.74, 6) is 0. The molecule has 1 aliphatic rings. The lowest BCUT2D eigenvalue weighted by molar-refractivity contribution is 0.246. The normalized spacial score (nSPS) is 18.3. The van der Waals surface area contributed by atoms with Crippen molar-refractivity contribution >= 4 is 10.0 Å². The zero-order chi connectivity index (χ0) is 11.8. The van der Waals surface area contributed by atoms with Crippen LogP contribution in [0.25, 0.3) is 0 Å². The van der Waals surface area contributed by atoms with Crippen molar-refractivity contribution in [3.8, 4) is 0 Å². The first-order chi connectivity index (χ1) is 7.47. The van der Waals surface area contributed by atoms with Crippen LogP contribution in [0.3, 0.4) is 0 Å². The molecule has 1 fully saturated rings. The zero-order valence-corrected chi connectivity index (χ0v) is 9.25. The number of aliphatic hydroxyl groups is 1. The second kappa shape index (κ2) is 3.69. The van der Waals surface area contributed by atoms with Crippen LogP contribution in [0.2, 0.25) is 0 Å². The number of rotatable bonds is 4. The number of nitrogens with one attached hydrogen (secondary N) is 2. The van der Waals surface area contributed by atoms with E-state index in [2.05, 4.69) is 9.71 Å². The van der Waals surface area contributed by atoms with E-state index in [0.717, 1.165) is 12.3 Å². The van der Waals surface area contributed by atoms with E-state index in [4.69, 9.17) is 5.11 Å². The summed E-state index contributed by atoms with van der Waals surface area (Å²) in [7, 11) is -3.66. The smallest absolute Gasteiger partial charge is 0.247 e. The first-order valence-corrected chi connectivity index (χ1v) is 6.29. The van der Waals surface area contributed by atoms with Crippen molar-refractivity contribution in [2.45, 2.75) is 23.3 Å². The summed E-state index contributed by atoms with van der Waals surface area (Å²) in [5.41, 5.74) is -1.06. The second-order valence-corrected chi connectivity index (χ2v) is 5.61. The predicted molar refractivity (Wildman–Crippen MR) is 56.4 cm³/mol. The van der Waals surface area contributed by atoms with E-state index in [1.807, 2.05) is 0 Å². The van der Waals surface area contributed by atoms with Crippen LogP contribution in [0.15, 0.2) is 28.0 Å². The summed E-state index contributed by atoms with van der Waals surface area (Å²) >= 11 is 0. The average molecular weight is 244 g/mol. The third kappa shape index (κ3) is 2.16. The highest BCUT2D eigenvalue weighted by atomic mass is 32.2. The molecule has 1 heterocycles. The zero-order valence-electron chi connectivity index (χ0n) is 8.43. The molecule has 1 saturated carbocycles. The molecule has 0 unspecified atom stereocenters. The molecule has 0 bridgehead atoms. The maximum Gasteiger partial charge on any atom is 0.247 e. The molecule has 0 aromatic carbocycles. The third-order valence-corrected chi connectivity index (χ3v) is 4.15. The molecular formula is C9H12N2O4S. The molecule has 0 atom stereocenters. The van der Waals surface area contributed by atoms with Crippen LogP contribution in [-0.4, -0.2) is 30.7 Å². The molecular weight excluding hydrogens is 232 g/mol. The molecule has 6 nitrogen and oxygen atoms in total. The van der Waals surface area contributed by atoms with E-state index in [9.17, 15) is 13.2 Å². The summed E-state index contributed by atoms with van der Waals surface area (Å²) in [4.78, 5) is 13.1. The Balaban J connectivity index is 2.26. The van der Waals surface area contributed by atoms with Gasteiger partial charge in [0.25, 0.3) is 0 Å². The molecule has 2 rings (SSSR count). The number of pyridine rings is 1. The van der Waals surface area contributed by atoms with Gasteiger partial charge in [0.05, 0.1) is 17.0 Å². The molecule has 1 aromatic heterocycles. The fourth-order valence-corrected chi connectivity index (χ4v) is 2.77. The molecule has 3 N–H and O–H groups in total. The summed E-state index contributed by atoms with van der Waals surface area (Å²) in [6, 6.07) is 2.38. The minimum atomic E-state index is -3.66. The first kappa shape index (κ1) is 11.3. The van der Waals surface area contributed by atoms with Crippen molar-refractivity contribution in [2.24, 2.45) is 0 Å². The number of sulfonamides is 1. The van der Waals surface area contributed by atoms with E-state index < -0.39 is 15.6 Å². The Kier molecular flexibility index (Phi) is 2.61. The van der Waals surface area contributed by atoms with Gasteiger partial charge in [0.2, 0.25) is 15.6 Å². The van der Waals surface area contributed by atoms with Crippen molar-refractivity contribution in [3.63, 3.8) is 0 Å². The molecule has 1 aliphatic carbocycles. The Morgan fingerprint density at radius 3 is 2.56 bits per heavy atom. The van der Waals surface area contributed by atoms with Gasteiger partial charge in [0.15, 0.2) is 0 Å². The fourth-order valence-electron chi connectivity index (χ4n) is 1.35. The Morgan fingerprint density at radius 2 is 2.12 bits per heavy atom. The van der Waals surface area contributed by atoms with Crippen LogP contribution >= 0.6 is 0 Å². The molecule has 1 aromatic rings. The number of hydrogen-bond acceptors (Lipinski definition) is 4. The van der Waals surface area contributed by atoms with Gasteiger partial charge in [0, 0.05) is 12.3 Å². The first-order valence-electron chi connectivity index (χ1n) is 4.81. The molecule has 0 aliphatic heterocycles. The largest absolute Gasteiger partial charge is 0.394 e. The number of H-pyrrole nitrogens is 1. The molecule has 0 spiro atoms. The fraction of sp³-hybridized carbons (Fsp3) is 0.444. The van der Waals surface area contributed by atoms with Crippen LogP contribution < -0.4 is 10.3 Å². The van der Waals surface area contributed by atoms with Crippen LogP contribution in [0.5, 0.6) is 0 Å². The molecule has 88 valence electrons. The van der Waals surface area contributed by atoms with Crippen molar-refractivity contribution < 1.29 is 13.5 Å². The predicted octanol–water partition coefficient (Wildman–Crippen LogP) is -0.822. The van der Waals surface area contributed by atoms with Gasteiger partial charge >= 0.3 is 0 Å². The van der Waals surface area contributed by atoms with E-state index in [0.29, 0.717) is 12.8 Å². The lowest BCUT2D eigenvalue weighted by Crippen LogP contribution is -2.39. The molecule has 0 radical (unpaired) electrons. The minimum absolute atomic E-state index is 0.00757. The number of aliphatic hydroxyl groups excluding tert-OH is 1. The van der Waals surface area contributed by atoms with Crippen molar-refractivity contribution in [2.75, 3.05) is 6.61 Å². The van der Waals surface area contributed by atoms with Crippen LogP contribution in [-0.2, 0) is 10.0 Å². The monoisotopic (exact) mass is 244 g/mol. The summed E-state index contributed by atoms with van der Waals surface area (Å²) in [5, 5.41) is 9.03. The van der Waals surface area contributed by atoms with Crippen LogP contribution in [0.4, 0.5) is 0 Å². The molecule has 0 amide bonds. The molecule has 16 heavy (non-hydrogen) atoms. The Labute approximate surface area is 92.4 Å². The number of aromatic amines is 1. The Morgan fingerprint density at radius 1 is 1.44 bits per heavy atom. The minimum Gasteiger partial charge on any atom is -0.394 e. The van der Waals surface area contributed by atoms with E-state index in [1.54, 1.807) is 0 Å². The van der Waals surface area contributed by atoms with E-state index in [1.165, 1.54) is 6.07 Å². The standard InChI is InChI=1S/C9H12N2O4S/c12-6-9(3-4-9)11-16(14,15)7-1-2-8(13)10-5-7/h1-2,5,11-12H,3-4,6H2,(H,10,13). The number of hydrogen-bond donors (Lipinski definition) is 3. The highest BCUT2D eigenvalue weighted by Crippen LogP contribution is 2.35. The van der Waals surface area contributed by atoms with Crippen LogP contribution in [0.1, 0.15) is 12.8 Å². The van der Waals surface area contributed by atoms with Crippen molar-refractivity contribution in [1.29, 1.82) is 0 Å². The van der Waals surface area contributed by atoms with Gasteiger partial charge in [-0.25, -0.2) is 13.1 Å². The average Bonchev–Trinajstić information content (AvgIpc) is 2.98. The Bertz CT molecular complexity index is 524. The van der Waals surface area contributed by atoms with Gasteiger partial charge in [-0.3, -0.25) is 4.79 Å². The van der Waals surface area contributed by atoms with E-state index >= 15 is 0 Å². The van der Waals surface area contributed by atoms with Crippen molar-refractivity contribution in [3.05, 3.63) is 28.7 Å². The van der Waals surface area contributed by atoms with Crippen LogP contribution in [0, 0.1) is 0 Å². The molecule has 7 heteroatoms. The summed E-state index contributed by atoms with van der Waals surface area (Å²) < 4.78 is 26.1. The van der Waals surface area contributed by atoms with E-state index in [-0.39, 0.29) is 17.1 Å². The molecule has 0 saturated heterocycles. The SMILES string of the molecule is O=c1ccc(S(=O)(=O)NC2(CO)CC2)c[nH]1. The van der Waals surface area contributed by atoms with Gasteiger partial charge in [-0.2, -0.15) is 0 Å². The van der Waals surface area contributed by atoms with Gasteiger partial charge in [-0.1, -0.05) is 0 Å². The maximum atomic E-state index is 11.8. The quantitative estimate of drug-likeness (QED) is 0.644. The van der Waals surface area contributed by atoms with Gasteiger partial charge in [0.1, 0.15) is 0 Å². The third-order valence-electron chi connectivity index (χ3n) is 2.57. The van der Waals surface area contributed by atoms with Crippen molar-refractivity contribution in [1.82, 2.24) is 9.71 Å². The highest BCUT2D eigenvalue weighted by molar-refractivity contribution is 7.89. The maximum absolute atomic E-state index is 11.8. The number of aromatic nitrogens is 1. The second-order valence-electron chi connectivity index (χ2n) is 3.93. The lowest BCUT2D eigenvalue weighted by atomic mass is 10.3. The van der Waals surface area contributed by atoms with Gasteiger partial charge in [-0.05, 0) is 18.9 Å². The van der Waals surface area contributed by atoms with Gasteiger partial charge < -0.3 is 10.1 Å².